The van der Waals surface area contributed by atoms with Crippen LogP contribution in [-0.4, -0.2) is 23.2 Å². The standard InChI is InChI=1S/C10H16N2OS/c1-8-5-14-9(12-8)4-11-6-10(7-13)2-3-10/h5,11,13H,2-4,6-7H2,1H3. The van der Waals surface area contributed by atoms with Crippen LogP contribution in [-0.2, 0) is 6.54 Å². The van der Waals surface area contributed by atoms with Gasteiger partial charge < -0.3 is 10.4 Å². The number of hydrogen-bond donors (Lipinski definition) is 2. The lowest BCUT2D eigenvalue weighted by Crippen LogP contribution is -2.25. The summed E-state index contributed by atoms with van der Waals surface area (Å²) in [4.78, 5) is 4.37. The Morgan fingerprint density at radius 2 is 2.43 bits per heavy atom. The molecule has 0 unspecified atom stereocenters. The molecule has 0 atom stereocenters. The largest absolute Gasteiger partial charge is 0.396 e. The van der Waals surface area contributed by atoms with Gasteiger partial charge in [0.25, 0.3) is 0 Å². The van der Waals surface area contributed by atoms with E-state index in [0.717, 1.165) is 36.6 Å². The number of rotatable bonds is 5. The van der Waals surface area contributed by atoms with Gasteiger partial charge in [-0.15, -0.1) is 11.3 Å². The number of aliphatic hydroxyl groups is 1. The highest BCUT2D eigenvalue weighted by atomic mass is 32.1. The maximum atomic E-state index is 9.10. The Morgan fingerprint density at radius 3 is 2.93 bits per heavy atom. The van der Waals surface area contributed by atoms with E-state index in [-0.39, 0.29) is 5.41 Å². The highest BCUT2D eigenvalue weighted by Gasteiger charge is 2.41. The Hall–Kier alpha value is -0.450. The number of aryl methyl sites for hydroxylation is 1. The predicted octanol–water partition coefficient (Wildman–Crippen LogP) is 1.31. The fraction of sp³-hybridized carbons (Fsp3) is 0.700. The minimum atomic E-state index is 0.201. The number of aromatic nitrogens is 1. The fourth-order valence-electron chi connectivity index (χ4n) is 1.49. The summed E-state index contributed by atoms with van der Waals surface area (Å²) in [5, 5.41) is 15.7. The molecule has 1 aliphatic rings. The van der Waals surface area contributed by atoms with Crippen molar-refractivity contribution in [1.29, 1.82) is 0 Å². The van der Waals surface area contributed by atoms with Gasteiger partial charge in [0.1, 0.15) is 5.01 Å². The average molecular weight is 212 g/mol. The maximum Gasteiger partial charge on any atom is 0.107 e. The molecule has 0 saturated heterocycles. The van der Waals surface area contributed by atoms with Crippen LogP contribution in [0.15, 0.2) is 5.38 Å². The van der Waals surface area contributed by atoms with Crippen LogP contribution < -0.4 is 5.32 Å². The normalized spacial score (nSPS) is 18.4. The topological polar surface area (TPSA) is 45.1 Å². The first kappa shape index (κ1) is 10.1. The second kappa shape index (κ2) is 3.96. The molecule has 3 nitrogen and oxygen atoms in total. The molecule has 2 N–H and O–H groups in total. The maximum absolute atomic E-state index is 9.10. The van der Waals surface area contributed by atoms with Gasteiger partial charge in [-0.3, -0.25) is 0 Å². The van der Waals surface area contributed by atoms with Crippen molar-refractivity contribution >= 4 is 11.3 Å². The number of nitrogens with zero attached hydrogens (tertiary/aromatic N) is 1. The third kappa shape index (κ3) is 2.32. The van der Waals surface area contributed by atoms with Crippen LogP contribution in [0.25, 0.3) is 0 Å². The van der Waals surface area contributed by atoms with Crippen molar-refractivity contribution in [2.24, 2.45) is 5.41 Å². The Labute approximate surface area is 88.2 Å². The molecule has 2 rings (SSSR count). The molecule has 78 valence electrons. The van der Waals surface area contributed by atoms with Gasteiger partial charge in [-0.1, -0.05) is 0 Å². The summed E-state index contributed by atoms with van der Waals surface area (Å²) in [7, 11) is 0. The van der Waals surface area contributed by atoms with Crippen molar-refractivity contribution < 1.29 is 5.11 Å². The van der Waals surface area contributed by atoms with Gasteiger partial charge in [0.2, 0.25) is 0 Å². The zero-order chi connectivity index (χ0) is 10.0. The van der Waals surface area contributed by atoms with Gasteiger partial charge in [0, 0.05) is 36.2 Å². The van der Waals surface area contributed by atoms with Crippen LogP contribution in [0, 0.1) is 12.3 Å². The molecule has 14 heavy (non-hydrogen) atoms. The molecule has 0 amide bonds. The Bertz CT molecular complexity index is 307. The summed E-state index contributed by atoms with van der Waals surface area (Å²) in [6.07, 6.45) is 2.32. The lowest BCUT2D eigenvalue weighted by molar-refractivity contribution is 0.207. The van der Waals surface area contributed by atoms with Crippen LogP contribution in [0.1, 0.15) is 23.5 Å². The van der Waals surface area contributed by atoms with E-state index in [0.29, 0.717) is 6.61 Å². The molecule has 4 heteroatoms. The predicted molar refractivity (Wildman–Crippen MR) is 57.3 cm³/mol. The average Bonchev–Trinajstić information content (AvgIpc) is 2.84. The van der Waals surface area contributed by atoms with Crippen molar-refractivity contribution in [3.05, 3.63) is 16.1 Å². The van der Waals surface area contributed by atoms with Crippen molar-refractivity contribution in [2.75, 3.05) is 13.2 Å². The molecule has 1 aliphatic carbocycles. The zero-order valence-electron chi connectivity index (χ0n) is 8.42. The van der Waals surface area contributed by atoms with E-state index in [1.165, 1.54) is 0 Å². The molecule has 0 spiro atoms. The quantitative estimate of drug-likeness (QED) is 0.773. The lowest BCUT2D eigenvalue weighted by Gasteiger charge is -2.11. The van der Waals surface area contributed by atoms with E-state index in [4.69, 9.17) is 5.11 Å². The number of hydrogen-bond acceptors (Lipinski definition) is 4. The second-order valence-electron chi connectivity index (χ2n) is 4.14. The van der Waals surface area contributed by atoms with Crippen molar-refractivity contribution in [3.8, 4) is 0 Å². The first-order valence-corrected chi connectivity index (χ1v) is 5.85. The molecule has 1 fully saturated rings. The number of nitrogens with one attached hydrogen (secondary N) is 1. The molecule has 0 aromatic carbocycles. The minimum Gasteiger partial charge on any atom is -0.396 e. The van der Waals surface area contributed by atoms with Crippen LogP contribution in [0.3, 0.4) is 0 Å². The van der Waals surface area contributed by atoms with Gasteiger partial charge in [0.15, 0.2) is 0 Å². The molecular formula is C10H16N2OS. The first-order valence-electron chi connectivity index (χ1n) is 4.97. The number of aliphatic hydroxyl groups excluding tert-OH is 1. The van der Waals surface area contributed by atoms with Crippen LogP contribution >= 0.6 is 11.3 Å². The Kier molecular flexibility index (Phi) is 2.85. The molecule has 0 radical (unpaired) electrons. The van der Waals surface area contributed by atoms with E-state index in [2.05, 4.69) is 15.7 Å². The SMILES string of the molecule is Cc1csc(CNCC2(CO)CC2)n1. The minimum absolute atomic E-state index is 0.201. The smallest absolute Gasteiger partial charge is 0.107 e. The van der Waals surface area contributed by atoms with E-state index in [1.807, 2.05) is 6.92 Å². The van der Waals surface area contributed by atoms with Crippen molar-refractivity contribution in [1.82, 2.24) is 10.3 Å². The summed E-state index contributed by atoms with van der Waals surface area (Å²) < 4.78 is 0. The third-order valence-corrected chi connectivity index (χ3v) is 3.70. The van der Waals surface area contributed by atoms with E-state index in [9.17, 15) is 0 Å². The summed E-state index contributed by atoms with van der Waals surface area (Å²) in [6.45, 7) is 4.08. The highest BCUT2D eigenvalue weighted by molar-refractivity contribution is 7.09. The van der Waals surface area contributed by atoms with E-state index in [1.54, 1.807) is 11.3 Å². The Balaban J connectivity index is 1.73. The summed E-state index contributed by atoms with van der Waals surface area (Å²) in [6, 6.07) is 0. The van der Waals surface area contributed by atoms with Gasteiger partial charge in [-0.2, -0.15) is 0 Å². The third-order valence-electron chi connectivity index (χ3n) is 2.74. The molecule has 1 aromatic heterocycles. The summed E-state index contributed by atoms with van der Waals surface area (Å²) >= 11 is 1.69. The number of thiazole rings is 1. The zero-order valence-corrected chi connectivity index (χ0v) is 9.23. The Morgan fingerprint density at radius 1 is 1.64 bits per heavy atom. The van der Waals surface area contributed by atoms with Crippen LogP contribution in [0.4, 0.5) is 0 Å². The molecule has 0 aliphatic heterocycles. The summed E-state index contributed by atoms with van der Waals surface area (Å²) in [5.74, 6) is 0. The van der Waals surface area contributed by atoms with Gasteiger partial charge in [-0.05, 0) is 19.8 Å². The van der Waals surface area contributed by atoms with Gasteiger partial charge in [-0.25, -0.2) is 4.98 Å². The molecule has 0 bridgehead atoms. The van der Waals surface area contributed by atoms with E-state index >= 15 is 0 Å². The second-order valence-corrected chi connectivity index (χ2v) is 5.09. The van der Waals surface area contributed by atoms with Gasteiger partial charge >= 0.3 is 0 Å². The van der Waals surface area contributed by atoms with Gasteiger partial charge in [0.05, 0.1) is 0 Å². The van der Waals surface area contributed by atoms with Crippen molar-refractivity contribution in [2.45, 2.75) is 26.3 Å². The molecule has 1 aromatic rings. The van der Waals surface area contributed by atoms with Crippen LogP contribution in [0.2, 0.25) is 0 Å². The molecular weight excluding hydrogens is 196 g/mol. The lowest BCUT2D eigenvalue weighted by atomic mass is 10.1. The monoisotopic (exact) mass is 212 g/mol. The molecule has 1 heterocycles. The highest BCUT2D eigenvalue weighted by Crippen LogP contribution is 2.44. The fourth-order valence-corrected chi connectivity index (χ4v) is 2.23. The van der Waals surface area contributed by atoms with E-state index < -0.39 is 0 Å². The van der Waals surface area contributed by atoms with Crippen molar-refractivity contribution in [3.63, 3.8) is 0 Å². The van der Waals surface area contributed by atoms with Crippen LogP contribution in [0.5, 0.6) is 0 Å². The molecule has 1 saturated carbocycles. The summed E-state index contributed by atoms with van der Waals surface area (Å²) in [5.41, 5.74) is 1.29. The first-order chi connectivity index (χ1) is 6.74.